The van der Waals surface area contributed by atoms with Gasteiger partial charge in [-0.15, -0.1) is 13.2 Å². The second kappa shape index (κ2) is 9.08. The van der Waals surface area contributed by atoms with Gasteiger partial charge >= 0.3 is 6.36 Å². The molecule has 0 spiro atoms. The molecule has 1 aromatic rings. The fourth-order valence-corrected chi connectivity index (χ4v) is 6.70. The Bertz CT molecular complexity index is 708. The van der Waals surface area contributed by atoms with Crippen molar-refractivity contribution < 1.29 is 22.3 Å². The third kappa shape index (κ3) is 5.13. The normalized spacial score (nSPS) is 35.0. The molecule has 30 heavy (non-hydrogen) atoms. The smallest absolute Gasteiger partial charge is 0.403 e. The molecule has 5 heteroatoms. The second-order valence-corrected chi connectivity index (χ2v) is 10.0. The number of hydrogen-bond acceptors (Lipinski definition) is 1. The van der Waals surface area contributed by atoms with Crippen molar-refractivity contribution in [3.63, 3.8) is 0 Å². The zero-order valence-electron chi connectivity index (χ0n) is 17.9. The lowest BCUT2D eigenvalue weighted by Crippen LogP contribution is -2.34. The van der Waals surface area contributed by atoms with Crippen LogP contribution in [0.1, 0.15) is 89.0 Å². The van der Waals surface area contributed by atoms with E-state index in [0.717, 1.165) is 48.1 Å². The quantitative estimate of drug-likeness (QED) is 0.441. The molecule has 0 N–H and O–H groups in total. The third-order valence-electron chi connectivity index (χ3n) is 8.44. The lowest BCUT2D eigenvalue weighted by molar-refractivity contribution is -0.275. The van der Waals surface area contributed by atoms with Gasteiger partial charge in [0, 0.05) is 0 Å². The maximum atomic E-state index is 14.2. The lowest BCUT2D eigenvalue weighted by Gasteiger charge is -2.45. The molecule has 0 amide bonds. The van der Waals surface area contributed by atoms with Crippen molar-refractivity contribution in [2.24, 2.45) is 29.6 Å². The molecule has 4 atom stereocenters. The fraction of sp³-hybridized carbons (Fsp3) is 0.760. The number of halogens is 4. The first-order chi connectivity index (χ1) is 14.3. The first-order valence-electron chi connectivity index (χ1n) is 11.9. The maximum absolute atomic E-state index is 14.2. The zero-order valence-corrected chi connectivity index (χ0v) is 17.9. The number of hydrogen-bond donors (Lipinski definition) is 0. The van der Waals surface area contributed by atoms with E-state index in [9.17, 15) is 17.6 Å². The van der Waals surface area contributed by atoms with Crippen LogP contribution in [0.3, 0.4) is 0 Å². The monoisotopic (exact) mass is 426 g/mol. The van der Waals surface area contributed by atoms with Gasteiger partial charge in [0.25, 0.3) is 0 Å². The average Bonchev–Trinajstić information content (AvgIpc) is 2.73. The molecule has 0 aromatic heterocycles. The highest BCUT2D eigenvalue weighted by molar-refractivity contribution is 5.32. The average molecular weight is 427 g/mol. The van der Waals surface area contributed by atoms with Gasteiger partial charge in [-0.1, -0.05) is 32.3 Å². The second-order valence-electron chi connectivity index (χ2n) is 10.0. The van der Waals surface area contributed by atoms with Gasteiger partial charge in [0.1, 0.15) is 0 Å². The van der Waals surface area contributed by atoms with Crippen LogP contribution in [0.25, 0.3) is 0 Å². The van der Waals surface area contributed by atoms with Gasteiger partial charge in [-0.2, -0.15) is 0 Å². The van der Waals surface area contributed by atoms with Crippen LogP contribution in [-0.4, -0.2) is 6.36 Å². The minimum absolute atomic E-state index is 0.247. The van der Waals surface area contributed by atoms with Gasteiger partial charge in [0.2, 0.25) is 0 Å². The van der Waals surface area contributed by atoms with E-state index in [4.69, 9.17) is 0 Å². The molecule has 0 radical (unpaired) electrons. The molecule has 0 aliphatic heterocycles. The molecule has 1 nitrogen and oxygen atoms in total. The summed E-state index contributed by atoms with van der Waals surface area (Å²) in [5, 5.41) is 0. The molecule has 3 aliphatic carbocycles. The number of fused-ring (bicyclic) bond motifs is 1. The Labute approximate surface area is 177 Å². The minimum atomic E-state index is -4.87. The highest BCUT2D eigenvalue weighted by atomic mass is 19.4. The summed E-state index contributed by atoms with van der Waals surface area (Å²) in [5.74, 6) is 2.80. The topological polar surface area (TPSA) is 9.23 Å². The third-order valence-corrected chi connectivity index (χ3v) is 8.44. The molecule has 4 rings (SSSR count). The zero-order chi connectivity index (χ0) is 21.3. The van der Waals surface area contributed by atoms with Crippen molar-refractivity contribution in [3.05, 3.63) is 29.6 Å². The number of ether oxygens (including phenoxy) is 1. The van der Waals surface area contributed by atoms with Crippen LogP contribution >= 0.6 is 0 Å². The molecule has 3 fully saturated rings. The van der Waals surface area contributed by atoms with Crippen molar-refractivity contribution in [2.75, 3.05) is 0 Å². The van der Waals surface area contributed by atoms with Gasteiger partial charge in [0.15, 0.2) is 11.6 Å². The molecular weight excluding hydrogens is 392 g/mol. The largest absolute Gasteiger partial charge is 0.573 e. The highest BCUT2D eigenvalue weighted by Gasteiger charge is 2.39. The van der Waals surface area contributed by atoms with Gasteiger partial charge in [-0.25, -0.2) is 4.39 Å². The first kappa shape index (κ1) is 22.0. The van der Waals surface area contributed by atoms with Crippen LogP contribution in [-0.2, 0) is 0 Å². The molecule has 1 aromatic carbocycles. The fourth-order valence-electron chi connectivity index (χ4n) is 6.70. The molecule has 4 unspecified atom stereocenters. The number of benzene rings is 1. The van der Waals surface area contributed by atoms with E-state index >= 15 is 0 Å². The van der Waals surface area contributed by atoms with Gasteiger partial charge in [0.05, 0.1) is 0 Å². The Morgan fingerprint density at radius 1 is 0.833 bits per heavy atom. The number of rotatable bonds is 4. The van der Waals surface area contributed by atoms with Crippen molar-refractivity contribution >= 4 is 0 Å². The standard InChI is InChI=1S/C25H34F4O/c1-2-16-3-5-17(6-4-16)18-7-8-20-14-21(10-9-19(20)13-18)22-11-12-24(23(26)15-22)30-25(27,28)29/h11-12,15-21H,2-10,13-14H2,1H3. The number of alkyl halides is 3. The summed E-state index contributed by atoms with van der Waals surface area (Å²) in [7, 11) is 0. The van der Waals surface area contributed by atoms with Gasteiger partial charge in [-0.05, 0) is 105 Å². The molecular formula is C25H34F4O. The molecule has 3 aliphatic rings. The van der Waals surface area contributed by atoms with Crippen molar-refractivity contribution in [2.45, 2.75) is 89.8 Å². The molecule has 0 bridgehead atoms. The summed E-state index contributed by atoms with van der Waals surface area (Å²) in [4.78, 5) is 0. The van der Waals surface area contributed by atoms with Crippen LogP contribution < -0.4 is 4.74 Å². The summed E-state index contributed by atoms with van der Waals surface area (Å²) >= 11 is 0. The summed E-state index contributed by atoms with van der Waals surface area (Å²) in [6.07, 6.45) is 9.25. The summed E-state index contributed by atoms with van der Waals surface area (Å²) < 4.78 is 55.1. The van der Waals surface area contributed by atoms with Crippen molar-refractivity contribution in [1.29, 1.82) is 0 Å². The lowest BCUT2D eigenvalue weighted by atomic mass is 9.60. The Hall–Kier alpha value is -1.26. The van der Waals surface area contributed by atoms with Gasteiger partial charge in [-0.3, -0.25) is 0 Å². The predicted molar refractivity (Wildman–Crippen MR) is 110 cm³/mol. The Morgan fingerprint density at radius 3 is 2.07 bits per heavy atom. The van der Waals surface area contributed by atoms with E-state index in [-0.39, 0.29) is 5.92 Å². The molecule has 3 saturated carbocycles. The Morgan fingerprint density at radius 2 is 1.43 bits per heavy atom. The van der Waals surface area contributed by atoms with E-state index in [2.05, 4.69) is 11.7 Å². The van der Waals surface area contributed by atoms with Crippen LogP contribution in [0.4, 0.5) is 17.6 Å². The summed E-state index contributed by atoms with van der Waals surface area (Å²) in [6, 6.07) is 4.00. The SMILES string of the molecule is CCC1CCC(C2CCC3CC(c4ccc(OC(F)(F)F)c(F)c4)CCC3C2)CC1. The summed E-state index contributed by atoms with van der Waals surface area (Å²) in [5.41, 5.74) is 0.820. The Kier molecular flexibility index (Phi) is 6.64. The van der Waals surface area contributed by atoms with E-state index in [1.807, 2.05) is 0 Å². The summed E-state index contributed by atoms with van der Waals surface area (Å²) in [6.45, 7) is 2.32. The van der Waals surface area contributed by atoms with Crippen LogP contribution in [0.2, 0.25) is 0 Å². The first-order valence-corrected chi connectivity index (χ1v) is 11.9. The van der Waals surface area contributed by atoms with E-state index < -0.39 is 17.9 Å². The maximum Gasteiger partial charge on any atom is 0.573 e. The minimum Gasteiger partial charge on any atom is -0.403 e. The van der Waals surface area contributed by atoms with Crippen LogP contribution in [0.5, 0.6) is 5.75 Å². The van der Waals surface area contributed by atoms with E-state index in [1.165, 1.54) is 63.9 Å². The highest BCUT2D eigenvalue weighted by Crippen LogP contribution is 2.51. The van der Waals surface area contributed by atoms with Crippen LogP contribution in [0.15, 0.2) is 18.2 Å². The van der Waals surface area contributed by atoms with E-state index in [1.54, 1.807) is 6.07 Å². The molecule has 0 saturated heterocycles. The van der Waals surface area contributed by atoms with Crippen molar-refractivity contribution in [3.8, 4) is 5.75 Å². The Balaban J connectivity index is 1.33. The van der Waals surface area contributed by atoms with E-state index in [0.29, 0.717) is 5.92 Å². The predicted octanol–water partition coefficient (Wildman–Crippen LogP) is 8.24. The van der Waals surface area contributed by atoms with Crippen LogP contribution in [0, 0.1) is 35.4 Å². The molecule has 0 heterocycles. The van der Waals surface area contributed by atoms with Crippen molar-refractivity contribution in [1.82, 2.24) is 0 Å². The van der Waals surface area contributed by atoms with Gasteiger partial charge < -0.3 is 4.74 Å². The molecule has 168 valence electrons.